The molecule has 2 aromatic heterocycles. The van der Waals surface area contributed by atoms with Gasteiger partial charge in [-0.15, -0.1) is 12.4 Å². The average molecular weight is 501 g/mol. The topological polar surface area (TPSA) is 63.5 Å². The lowest BCUT2D eigenvalue weighted by Gasteiger charge is -2.27. The number of aromatic nitrogens is 3. The average Bonchev–Trinajstić information content (AvgIpc) is 3.31. The Balaban J connectivity index is 0.00000240. The lowest BCUT2D eigenvalue weighted by Crippen LogP contribution is -2.39. The van der Waals surface area contributed by atoms with Gasteiger partial charge in [-0.05, 0) is 30.7 Å². The van der Waals surface area contributed by atoms with Crippen molar-refractivity contribution in [2.75, 3.05) is 44.3 Å². The Bertz CT molecular complexity index is 973. The molecule has 0 unspecified atom stereocenters. The maximum atomic E-state index is 13.2. The van der Waals surface area contributed by atoms with Gasteiger partial charge < -0.3 is 4.74 Å². The first-order valence-electron chi connectivity index (χ1n) is 9.28. The Kier molecular flexibility index (Phi) is 7.64. The maximum absolute atomic E-state index is 13.2. The zero-order valence-electron chi connectivity index (χ0n) is 16.1. The molecule has 0 N–H and O–H groups in total. The summed E-state index contributed by atoms with van der Waals surface area (Å²) in [5.41, 5.74) is 1.46. The van der Waals surface area contributed by atoms with Crippen molar-refractivity contribution >= 4 is 60.9 Å². The fourth-order valence-corrected chi connectivity index (χ4v) is 4.83. The normalized spacial score (nSPS) is 14.7. The number of ether oxygens (including phenoxy) is 1. The third-order valence-electron chi connectivity index (χ3n) is 4.82. The Morgan fingerprint density at radius 2 is 2.10 bits per heavy atom. The number of rotatable bonds is 6. The number of carbonyl (C=O) groups is 1. The molecule has 3 heterocycles. The summed E-state index contributed by atoms with van der Waals surface area (Å²) in [6.45, 7) is 5.02. The second kappa shape index (κ2) is 9.99. The Hall–Kier alpha value is -1.52. The van der Waals surface area contributed by atoms with Crippen LogP contribution in [-0.4, -0.2) is 65.0 Å². The van der Waals surface area contributed by atoms with E-state index in [2.05, 4.69) is 25.9 Å². The number of nitrogens with zero attached hydrogens (tertiary/aromatic N) is 5. The number of hydrogen-bond acceptors (Lipinski definition) is 6. The van der Waals surface area contributed by atoms with E-state index >= 15 is 0 Å². The Morgan fingerprint density at radius 1 is 1.31 bits per heavy atom. The van der Waals surface area contributed by atoms with Crippen LogP contribution in [0.2, 0.25) is 0 Å². The number of halogens is 2. The van der Waals surface area contributed by atoms with Crippen LogP contribution in [0.3, 0.4) is 0 Å². The van der Waals surface area contributed by atoms with Crippen molar-refractivity contribution in [1.82, 2.24) is 19.7 Å². The molecule has 0 spiro atoms. The number of hydrogen-bond donors (Lipinski definition) is 0. The highest BCUT2D eigenvalue weighted by Gasteiger charge is 2.24. The zero-order valence-corrected chi connectivity index (χ0v) is 19.3. The monoisotopic (exact) mass is 499 g/mol. The predicted molar refractivity (Wildman–Crippen MR) is 121 cm³/mol. The third kappa shape index (κ3) is 5.16. The van der Waals surface area contributed by atoms with Gasteiger partial charge in [0.1, 0.15) is 5.69 Å². The number of carbonyl (C=O) groups excluding carboxylic acids is 1. The highest BCUT2D eigenvalue weighted by Crippen LogP contribution is 2.31. The summed E-state index contributed by atoms with van der Waals surface area (Å²) in [7, 11) is 1.79. The van der Waals surface area contributed by atoms with Crippen molar-refractivity contribution < 1.29 is 9.53 Å². The number of fused-ring (bicyclic) bond motifs is 1. The summed E-state index contributed by atoms with van der Waals surface area (Å²) >= 11 is 5.04. The molecule has 0 aliphatic carbocycles. The van der Waals surface area contributed by atoms with E-state index in [4.69, 9.17) is 9.72 Å². The smallest absolute Gasteiger partial charge is 0.278 e. The van der Waals surface area contributed by atoms with Crippen LogP contribution in [0.15, 0.2) is 34.9 Å². The fourth-order valence-electron chi connectivity index (χ4n) is 3.28. The van der Waals surface area contributed by atoms with Crippen molar-refractivity contribution in [3.8, 4) is 0 Å². The Morgan fingerprint density at radius 3 is 2.83 bits per heavy atom. The highest BCUT2D eigenvalue weighted by molar-refractivity contribution is 9.10. The lowest BCUT2D eigenvalue weighted by atomic mass is 10.3. The summed E-state index contributed by atoms with van der Waals surface area (Å²) in [4.78, 5) is 22.1. The highest BCUT2D eigenvalue weighted by atomic mass is 79.9. The van der Waals surface area contributed by atoms with Gasteiger partial charge in [-0.3, -0.25) is 19.3 Å². The Labute approximate surface area is 188 Å². The van der Waals surface area contributed by atoms with Crippen LogP contribution in [0.1, 0.15) is 16.9 Å². The van der Waals surface area contributed by atoms with Crippen LogP contribution in [-0.2, 0) is 11.8 Å². The van der Waals surface area contributed by atoms with E-state index < -0.39 is 0 Å². The summed E-state index contributed by atoms with van der Waals surface area (Å²) in [6.07, 6.45) is 2.53. The number of anilines is 1. The van der Waals surface area contributed by atoms with Gasteiger partial charge in [0.05, 0.1) is 23.4 Å². The quantitative estimate of drug-likeness (QED) is 0.518. The van der Waals surface area contributed by atoms with E-state index in [1.54, 1.807) is 28.9 Å². The molecule has 0 bridgehead atoms. The van der Waals surface area contributed by atoms with E-state index in [1.165, 1.54) is 11.3 Å². The molecule has 0 saturated carbocycles. The molecule has 1 saturated heterocycles. The molecule has 3 aromatic rings. The van der Waals surface area contributed by atoms with Crippen molar-refractivity contribution in [2.24, 2.45) is 7.05 Å². The van der Waals surface area contributed by atoms with Gasteiger partial charge in [0.15, 0.2) is 5.13 Å². The summed E-state index contributed by atoms with van der Waals surface area (Å²) in [5.74, 6) is -0.0694. The lowest BCUT2D eigenvalue weighted by molar-refractivity contribution is 0.0376. The second-order valence-electron chi connectivity index (χ2n) is 6.71. The number of amides is 1. The molecule has 1 aliphatic rings. The van der Waals surface area contributed by atoms with E-state index in [0.29, 0.717) is 12.2 Å². The van der Waals surface area contributed by atoms with Crippen LogP contribution >= 0.6 is 39.7 Å². The molecular weight excluding hydrogens is 478 g/mol. The van der Waals surface area contributed by atoms with Crippen molar-refractivity contribution in [3.05, 3.63) is 40.6 Å². The molecule has 0 atom stereocenters. The van der Waals surface area contributed by atoms with E-state index in [9.17, 15) is 4.79 Å². The third-order valence-corrected chi connectivity index (χ3v) is 6.35. The molecule has 4 rings (SSSR count). The molecule has 156 valence electrons. The van der Waals surface area contributed by atoms with E-state index in [0.717, 1.165) is 59.1 Å². The van der Waals surface area contributed by atoms with Gasteiger partial charge in [-0.25, -0.2) is 4.98 Å². The first-order valence-corrected chi connectivity index (χ1v) is 10.9. The van der Waals surface area contributed by atoms with E-state index in [1.807, 2.05) is 18.2 Å². The molecule has 7 nitrogen and oxygen atoms in total. The van der Waals surface area contributed by atoms with Gasteiger partial charge in [-0.2, -0.15) is 5.10 Å². The predicted octanol–water partition coefficient (Wildman–Crippen LogP) is 3.58. The molecule has 1 amide bonds. The molecule has 1 aromatic carbocycles. The zero-order chi connectivity index (χ0) is 19.5. The number of thiazole rings is 1. The minimum atomic E-state index is -0.0694. The van der Waals surface area contributed by atoms with Crippen molar-refractivity contribution in [2.45, 2.75) is 6.42 Å². The molecule has 1 aliphatic heterocycles. The molecule has 29 heavy (non-hydrogen) atoms. The first kappa shape index (κ1) is 22.2. The first-order chi connectivity index (χ1) is 13.6. The van der Waals surface area contributed by atoms with Gasteiger partial charge in [0.2, 0.25) is 0 Å². The van der Waals surface area contributed by atoms with Gasteiger partial charge >= 0.3 is 0 Å². The van der Waals surface area contributed by atoms with Crippen LogP contribution in [0.4, 0.5) is 5.13 Å². The van der Waals surface area contributed by atoms with Crippen LogP contribution in [0.25, 0.3) is 10.2 Å². The summed E-state index contributed by atoms with van der Waals surface area (Å²) in [6, 6.07) is 7.73. The molecule has 10 heteroatoms. The summed E-state index contributed by atoms with van der Waals surface area (Å²) < 4.78 is 9.09. The van der Waals surface area contributed by atoms with Gasteiger partial charge in [-0.1, -0.05) is 27.3 Å². The van der Waals surface area contributed by atoms with Gasteiger partial charge in [0, 0.05) is 43.9 Å². The summed E-state index contributed by atoms with van der Waals surface area (Å²) in [5, 5.41) is 4.87. The fraction of sp³-hybridized carbons (Fsp3) is 0.421. The minimum Gasteiger partial charge on any atom is -0.379 e. The SMILES string of the molecule is Cl.Cn1nccc1C(=O)N(CCCN1CCOCC1)c1nc2ccc(Br)cc2s1. The standard InChI is InChI=1S/C19H22BrN5O2S.ClH/c1-23-16(5-6-21-23)18(26)25(8-2-7-24-9-11-27-12-10-24)19-22-15-4-3-14(20)13-17(15)28-19;/h3-6,13H,2,7-12H2,1H3;1H. The number of benzene rings is 1. The van der Waals surface area contributed by atoms with Gasteiger partial charge in [0.25, 0.3) is 5.91 Å². The second-order valence-corrected chi connectivity index (χ2v) is 8.64. The van der Waals surface area contributed by atoms with Crippen molar-refractivity contribution in [3.63, 3.8) is 0 Å². The largest absolute Gasteiger partial charge is 0.379 e. The van der Waals surface area contributed by atoms with Crippen LogP contribution in [0.5, 0.6) is 0 Å². The van der Waals surface area contributed by atoms with Crippen LogP contribution in [0, 0.1) is 0 Å². The number of morpholine rings is 1. The van der Waals surface area contributed by atoms with Crippen LogP contribution < -0.4 is 4.90 Å². The molecular formula is C19H23BrClN5O2S. The molecule has 1 fully saturated rings. The minimum absolute atomic E-state index is 0. The maximum Gasteiger partial charge on any atom is 0.278 e. The van der Waals surface area contributed by atoms with Crippen molar-refractivity contribution in [1.29, 1.82) is 0 Å². The van der Waals surface area contributed by atoms with E-state index in [-0.39, 0.29) is 18.3 Å². The molecule has 0 radical (unpaired) electrons. The number of aryl methyl sites for hydroxylation is 1.